The maximum atomic E-state index is 11.6. The zero-order valence-electron chi connectivity index (χ0n) is 9.50. The molecule has 0 fully saturated rings. The van der Waals surface area contributed by atoms with Crippen molar-refractivity contribution in [1.29, 1.82) is 0 Å². The van der Waals surface area contributed by atoms with Gasteiger partial charge in [0.2, 0.25) is 5.43 Å². The topological polar surface area (TPSA) is 70.1 Å². The Morgan fingerprint density at radius 3 is 2.94 bits per heavy atom. The maximum absolute atomic E-state index is 11.6. The van der Waals surface area contributed by atoms with Crippen molar-refractivity contribution in [3.05, 3.63) is 40.7 Å². The number of ether oxygens (including phenoxy) is 1. The molecule has 0 saturated carbocycles. The van der Waals surface area contributed by atoms with Gasteiger partial charge in [-0.3, -0.25) is 9.48 Å². The second-order valence-corrected chi connectivity index (χ2v) is 3.65. The third-order valence-corrected chi connectivity index (χ3v) is 2.47. The van der Waals surface area contributed by atoms with E-state index >= 15 is 0 Å². The zero-order valence-corrected chi connectivity index (χ0v) is 9.50. The van der Waals surface area contributed by atoms with E-state index in [-0.39, 0.29) is 5.43 Å². The molecule has 0 aliphatic carbocycles. The fourth-order valence-electron chi connectivity index (χ4n) is 1.68. The fraction of sp³-hybridized carbons (Fsp3) is 0.333. The lowest BCUT2D eigenvalue weighted by Gasteiger charge is -2.09. The molecular formula is C12H15N3O2. The van der Waals surface area contributed by atoms with Gasteiger partial charge in [0.15, 0.2) is 0 Å². The Kier molecular flexibility index (Phi) is 3.85. The number of fused-ring (bicyclic) bond motifs is 1. The first-order chi connectivity index (χ1) is 8.33. The summed E-state index contributed by atoms with van der Waals surface area (Å²) in [6, 6.07) is 7.42. The van der Waals surface area contributed by atoms with Crippen LogP contribution >= 0.6 is 0 Å². The van der Waals surface area contributed by atoms with Crippen LogP contribution in [0, 0.1) is 0 Å². The summed E-state index contributed by atoms with van der Waals surface area (Å²) < 4.78 is 7.07. The predicted octanol–water partition coefficient (Wildman–Crippen LogP) is 0.372. The monoisotopic (exact) mass is 233 g/mol. The molecule has 1 aromatic carbocycles. The molecule has 17 heavy (non-hydrogen) atoms. The fourth-order valence-corrected chi connectivity index (χ4v) is 1.68. The molecule has 90 valence electrons. The Labute approximate surface area is 98.8 Å². The number of nitrogens with zero attached hydrogens (tertiary/aromatic N) is 2. The minimum absolute atomic E-state index is 0.0558. The molecule has 2 N–H and O–H groups in total. The van der Waals surface area contributed by atoms with Crippen molar-refractivity contribution in [1.82, 2.24) is 9.78 Å². The van der Waals surface area contributed by atoms with E-state index in [9.17, 15) is 4.79 Å². The van der Waals surface area contributed by atoms with Crippen LogP contribution in [0.2, 0.25) is 0 Å². The number of para-hydroxylation sites is 1. The van der Waals surface area contributed by atoms with Crippen LogP contribution in [0.4, 0.5) is 0 Å². The molecule has 2 aromatic rings. The highest BCUT2D eigenvalue weighted by atomic mass is 16.5. The molecule has 1 heterocycles. The molecule has 0 unspecified atom stereocenters. The minimum Gasteiger partial charge on any atom is -0.378 e. The van der Waals surface area contributed by atoms with Crippen LogP contribution in [0.5, 0.6) is 0 Å². The van der Waals surface area contributed by atoms with E-state index in [1.165, 1.54) is 6.20 Å². The molecule has 0 radical (unpaired) electrons. The van der Waals surface area contributed by atoms with Gasteiger partial charge < -0.3 is 10.5 Å². The van der Waals surface area contributed by atoms with Gasteiger partial charge in [0.1, 0.15) is 0 Å². The number of aromatic nitrogens is 2. The Morgan fingerprint density at radius 2 is 2.12 bits per heavy atom. The number of benzene rings is 1. The van der Waals surface area contributed by atoms with Crippen LogP contribution < -0.4 is 11.2 Å². The zero-order chi connectivity index (χ0) is 12.1. The highest BCUT2D eigenvalue weighted by Crippen LogP contribution is 2.07. The van der Waals surface area contributed by atoms with Crippen LogP contribution in [-0.4, -0.2) is 29.5 Å². The number of hydrogen-bond donors (Lipinski definition) is 1. The summed E-state index contributed by atoms with van der Waals surface area (Å²) in [5.74, 6) is 0. The summed E-state index contributed by atoms with van der Waals surface area (Å²) >= 11 is 0. The average molecular weight is 233 g/mol. The second-order valence-electron chi connectivity index (χ2n) is 3.65. The lowest BCUT2D eigenvalue weighted by molar-refractivity contribution is 0.131. The SMILES string of the molecule is NCCOCCn1ncc(=O)c2ccccc21. The molecular weight excluding hydrogens is 218 g/mol. The van der Waals surface area contributed by atoms with Gasteiger partial charge in [-0.2, -0.15) is 5.10 Å². The Hall–Kier alpha value is -1.72. The Balaban J connectivity index is 2.23. The summed E-state index contributed by atoms with van der Waals surface area (Å²) in [7, 11) is 0. The molecule has 0 atom stereocenters. The first-order valence-electron chi connectivity index (χ1n) is 5.55. The van der Waals surface area contributed by atoms with Crippen LogP contribution in [0.3, 0.4) is 0 Å². The van der Waals surface area contributed by atoms with Crippen molar-refractivity contribution in [2.75, 3.05) is 19.8 Å². The molecule has 1 aromatic heterocycles. The normalized spacial score (nSPS) is 10.9. The molecule has 2 rings (SSSR count). The summed E-state index contributed by atoms with van der Waals surface area (Å²) in [6.45, 7) is 2.20. The molecule has 0 amide bonds. The first kappa shape index (κ1) is 11.8. The maximum Gasteiger partial charge on any atom is 0.207 e. The summed E-state index contributed by atoms with van der Waals surface area (Å²) in [6.07, 6.45) is 1.34. The largest absolute Gasteiger partial charge is 0.378 e. The molecule has 0 saturated heterocycles. The minimum atomic E-state index is -0.0558. The standard InChI is InChI=1S/C12H15N3O2/c13-5-7-17-8-6-15-11-4-2-1-3-10(11)12(16)9-14-15/h1-4,9H,5-8,13H2. The van der Waals surface area contributed by atoms with Crippen molar-refractivity contribution < 1.29 is 4.74 Å². The van der Waals surface area contributed by atoms with E-state index in [1.54, 1.807) is 10.7 Å². The Bertz CT molecular complexity index is 551. The number of hydrogen-bond acceptors (Lipinski definition) is 4. The number of rotatable bonds is 5. The second kappa shape index (κ2) is 5.56. The van der Waals surface area contributed by atoms with Crippen LogP contribution in [0.25, 0.3) is 10.9 Å². The van der Waals surface area contributed by atoms with Gasteiger partial charge in [-0.05, 0) is 12.1 Å². The van der Waals surface area contributed by atoms with E-state index in [0.29, 0.717) is 31.7 Å². The molecule has 5 nitrogen and oxygen atoms in total. The van der Waals surface area contributed by atoms with E-state index in [2.05, 4.69) is 5.10 Å². The molecule has 0 bridgehead atoms. The molecule has 0 spiro atoms. The summed E-state index contributed by atoms with van der Waals surface area (Å²) in [5.41, 5.74) is 6.10. The van der Waals surface area contributed by atoms with Crippen molar-refractivity contribution in [3.8, 4) is 0 Å². The van der Waals surface area contributed by atoms with Crippen LogP contribution in [-0.2, 0) is 11.3 Å². The van der Waals surface area contributed by atoms with Gasteiger partial charge >= 0.3 is 0 Å². The lowest BCUT2D eigenvalue weighted by atomic mass is 10.2. The van der Waals surface area contributed by atoms with Crippen molar-refractivity contribution >= 4 is 10.9 Å². The van der Waals surface area contributed by atoms with Crippen molar-refractivity contribution in [2.45, 2.75) is 6.54 Å². The van der Waals surface area contributed by atoms with E-state index < -0.39 is 0 Å². The van der Waals surface area contributed by atoms with Gasteiger partial charge in [0.05, 0.1) is 31.5 Å². The van der Waals surface area contributed by atoms with Crippen LogP contribution in [0.15, 0.2) is 35.3 Å². The smallest absolute Gasteiger partial charge is 0.207 e. The Morgan fingerprint density at radius 1 is 1.29 bits per heavy atom. The van der Waals surface area contributed by atoms with E-state index in [4.69, 9.17) is 10.5 Å². The van der Waals surface area contributed by atoms with E-state index in [1.807, 2.05) is 18.2 Å². The van der Waals surface area contributed by atoms with E-state index in [0.717, 1.165) is 5.52 Å². The highest BCUT2D eigenvalue weighted by Gasteiger charge is 2.02. The number of nitrogens with two attached hydrogens (primary N) is 1. The first-order valence-corrected chi connectivity index (χ1v) is 5.55. The van der Waals surface area contributed by atoms with Gasteiger partial charge in [-0.1, -0.05) is 12.1 Å². The van der Waals surface area contributed by atoms with Crippen molar-refractivity contribution in [2.24, 2.45) is 5.73 Å². The van der Waals surface area contributed by atoms with Gasteiger partial charge in [-0.15, -0.1) is 0 Å². The average Bonchev–Trinajstić information content (AvgIpc) is 2.37. The lowest BCUT2D eigenvalue weighted by Crippen LogP contribution is -2.17. The molecule has 5 heteroatoms. The third-order valence-electron chi connectivity index (χ3n) is 2.47. The van der Waals surface area contributed by atoms with Gasteiger partial charge in [0, 0.05) is 11.9 Å². The molecule has 0 aliphatic rings. The van der Waals surface area contributed by atoms with Gasteiger partial charge in [-0.25, -0.2) is 0 Å². The van der Waals surface area contributed by atoms with Crippen LogP contribution in [0.1, 0.15) is 0 Å². The van der Waals surface area contributed by atoms with Crippen molar-refractivity contribution in [3.63, 3.8) is 0 Å². The predicted molar refractivity (Wildman–Crippen MR) is 65.9 cm³/mol. The molecule has 0 aliphatic heterocycles. The third kappa shape index (κ3) is 2.69. The van der Waals surface area contributed by atoms with Gasteiger partial charge in [0.25, 0.3) is 0 Å². The summed E-state index contributed by atoms with van der Waals surface area (Å²) in [4.78, 5) is 11.6. The quantitative estimate of drug-likeness (QED) is 0.757. The highest BCUT2D eigenvalue weighted by molar-refractivity contribution is 5.77. The summed E-state index contributed by atoms with van der Waals surface area (Å²) in [5, 5.41) is 4.78.